The minimum absolute atomic E-state index is 0.0662. The molecule has 17 heteroatoms. The van der Waals surface area contributed by atoms with E-state index in [4.69, 9.17) is 10.5 Å². The SMILES string of the molecule is Cc1ccc(S(=O)(=O)n2cc(-c3cnc(C)c4cnc(N[C@@H]5CCCC[C@]5(N)OC(=O)C(F)(F)F)nc34)c3ccc(C(F)(F)F)cc32)cc1. The van der Waals surface area contributed by atoms with Gasteiger partial charge in [-0.25, -0.2) is 27.2 Å². The van der Waals surface area contributed by atoms with E-state index < -0.39 is 45.7 Å². The molecule has 0 saturated heterocycles. The molecule has 5 aromatic rings. The number of rotatable bonds is 6. The molecule has 0 aliphatic heterocycles. The van der Waals surface area contributed by atoms with Crippen LogP contribution in [0.4, 0.5) is 32.3 Å². The quantitative estimate of drug-likeness (QED) is 0.113. The highest BCUT2D eigenvalue weighted by Gasteiger charge is 2.49. The molecule has 3 N–H and O–H groups in total. The molecule has 2 aromatic carbocycles. The predicted molar refractivity (Wildman–Crippen MR) is 167 cm³/mol. The monoisotopic (exact) mass is 706 g/mol. The molecule has 3 aromatic heterocycles. The van der Waals surface area contributed by atoms with Gasteiger partial charge >= 0.3 is 18.3 Å². The van der Waals surface area contributed by atoms with Gasteiger partial charge in [-0.1, -0.05) is 30.2 Å². The molecule has 6 rings (SSSR count). The molecular weight excluding hydrogens is 678 g/mol. The number of fused-ring (bicyclic) bond motifs is 2. The summed E-state index contributed by atoms with van der Waals surface area (Å²) in [6, 6.07) is 7.58. The van der Waals surface area contributed by atoms with Crippen LogP contribution in [-0.4, -0.2) is 51.3 Å². The number of carbonyl (C=O) groups is 1. The molecule has 1 aliphatic rings. The van der Waals surface area contributed by atoms with Gasteiger partial charge in [0.1, 0.15) is 0 Å². The Morgan fingerprint density at radius 3 is 2.37 bits per heavy atom. The summed E-state index contributed by atoms with van der Waals surface area (Å²) in [4.78, 5) is 24.8. The third-order valence-corrected chi connectivity index (χ3v) is 10.2. The molecule has 0 bridgehead atoms. The molecule has 258 valence electrons. The number of nitrogens with two attached hydrogens (primary N) is 1. The summed E-state index contributed by atoms with van der Waals surface area (Å²) in [6.07, 6.45) is -4.94. The molecule has 0 unspecified atom stereocenters. The predicted octanol–water partition coefficient (Wildman–Crippen LogP) is 6.63. The van der Waals surface area contributed by atoms with Crippen molar-refractivity contribution in [1.29, 1.82) is 0 Å². The first-order valence-electron chi connectivity index (χ1n) is 14.9. The first-order chi connectivity index (χ1) is 22.9. The van der Waals surface area contributed by atoms with Gasteiger partial charge in [0.2, 0.25) is 5.95 Å². The maximum absolute atomic E-state index is 13.9. The minimum atomic E-state index is -5.26. The lowest BCUT2D eigenvalue weighted by molar-refractivity contribution is -0.217. The van der Waals surface area contributed by atoms with Gasteiger partial charge in [0.05, 0.1) is 27.5 Å². The lowest BCUT2D eigenvalue weighted by Crippen LogP contribution is -2.60. The zero-order valence-corrected chi connectivity index (χ0v) is 26.7. The highest BCUT2D eigenvalue weighted by Crippen LogP contribution is 2.40. The van der Waals surface area contributed by atoms with Crippen molar-refractivity contribution in [3.63, 3.8) is 0 Å². The smallest absolute Gasteiger partial charge is 0.435 e. The summed E-state index contributed by atoms with van der Waals surface area (Å²) in [7, 11) is -4.41. The van der Waals surface area contributed by atoms with Crippen LogP contribution in [-0.2, 0) is 25.7 Å². The van der Waals surface area contributed by atoms with Crippen molar-refractivity contribution in [2.24, 2.45) is 5.73 Å². The Bertz CT molecular complexity index is 2200. The molecule has 3 heterocycles. The Kier molecular flexibility index (Phi) is 8.34. The van der Waals surface area contributed by atoms with Crippen LogP contribution in [0.15, 0.2) is 66.0 Å². The van der Waals surface area contributed by atoms with E-state index in [1.807, 2.05) is 0 Å². The number of aryl methyl sites for hydroxylation is 2. The zero-order chi connectivity index (χ0) is 35.5. The van der Waals surface area contributed by atoms with Crippen LogP contribution in [0.25, 0.3) is 32.9 Å². The van der Waals surface area contributed by atoms with Crippen molar-refractivity contribution in [3.05, 3.63) is 77.9 Å². The summed E-state index contributed by atoms with van der Waals surface area (Å²) in [5, 5.41) is 3.45. The highest BCUT2D eigenvalue weighted by atomic mass is 32.2. The molecule has 0 amide bonds. The van der Waals surface area contributed by atoms with E-state index in [-0.39, 0.29) is 51.2 Å². The van der Waals surface area contributed by atoms with Crippen LogP contribution in [0.3, 0.4) is 0 Å². The van der Waals surface area contributed by atoms with E-state index in [1.165, 1.54) is 36.8 Å². The van der Waals surface area contributed by atoms with E-state index >= 15 is 0 Å². The molecule has 0 spiro atoms. The van der Waals surface area contributed by atoms with Crippen molar-refractivity contribution in [2.75, 3.05) is 5.32 Å². The topological polar surface area (TPSA) is 142 Å². The van der Waals surface area contributed by atoms with Gasteiger partial charge < -0.3 is 10.1 Å². The number of anilines is 1. The standard InChI is InChI=1S/C32H28F6N6O4S/c1-17-6-9-20(10-7-17)49(46,47)44-16-24(21-11-8-19(13-25(21)44)31(33,34)35)23-15-40-18(2)22-14-41-29(43-27(22)23)42-26-5-3-4-12-30(26,39)48-28(45)32(36,37)38/h6-11,13-16,26H,3-5,12,39H2,1-2H3,(H,41,42,43)/t26-,30+/m1/s1. The maximum Gasteiger partial charge on any atom is 0.490 e. The van der Waals surface area contributed by atoms with Crippen LogP contribution >= 0.6 is 0 Å². The first-order valence-corrected chi connectivity index (χ1v) is 16.4. The average Bonchev–Trinajstić information content (AvgIpc) is 3.41. The van der Waals surface area contributed by atoms with Crippen molar-refractivity contribution in [1.82, 2.24) is 18.9 Å². The lowest BCUT2D eigenvalue weighted by atomic mass is 9.87. The third-order valence-electron chi connectivity index (χ3n) is 8.51. The second-order valence-corrected chi connectivity index (χ2v) is 13.7. The van der Waals surface area contributed by atoms with E-state index in [9.17, 15) is 39.6 Å². The van der Waals surface area contributed by atoms with Gasteiger partial charge in [-0.15, -0.1) is 0 Å². The molecule has 0 radical (unpaired) electrons. The van der Waals surface area contributed by atoms with Crippen molar-refractivity contribution in [2.45, 2.75) is 68.5 Å². The Labute approximate surface area is 275 Å². The molecule has 1 aliphatic carbocycles. The van der Waals surface area contributed by atoms with Crippen LogP contribution in [0, 0.1) is 13.8 Å². The van der Waals surface area contributed by atoms with Crippen LogP contribution in [0.2, 0.25) is 0 Å². The number of halogens is 6. The second kappa shape index (κ2) is 12.0. The number of benzene rings is 2. The van der Waals surface area contributed by atoms with E-state index in [0.29, 0.717) is 23.9 Å². The van der Waals surface area contributed by atoms with Gasteiger partial charge in [-0.05, 0) is 51.0 Å². The number of esters is 1. The Hall–Kier alpha value is -4.77. The van der Waals surface area contributed by atoms with Crippen LogP contribution < -0.4 is 11.1 Å². The number of pyridine rings is 1. The van der Waals surface area contributed by atoms with Crippen LogP contribution in [0.1, 0.15) is 42.5 Å². The number of hydrogen-bond donors (Lipinski definition) is 2. The largest absolute Gasteiger partial charge is 0.490 e. The second-order valence-electron chi connectivity index (χ2n) is 11.9. The molecule has 1 fully saturated rings. The van der Waals surface area contributed by atoms with E-state index in [0.717, 1.165) is 21.7 Å². The van der Waals surface area contributed by atoms with Gasteiger partial charge in [-0.3, -0.25) is 10.7 Å². The van der Waals surface area contributed by atoms with Gasteiger partial charge in [-0.2, -0.15) is 26.3 Å². The first kappa shape index (κ1) is 34.1. The van der Waals surface area contributed by atoms with E-state index in [2.05, 4.69) is 20.3 Å². The fourth-order valence-electron chi connectivity index (χ4n) is 5.89. The van der Waals surface area contributed by atoms with Gasteiger partial charge in [0.25, 0.3) is 10.0 Å². The van der Waals surface area contributed by atoms with E-state index in [1.54, 1.807) is 26.0 Å². The van der Waals surface area contributed by atoms with Gasteiger partial charge in [0, 0.05) is 52.6 Å². The fourth-order valence-corrected chi connectivity index (χ4v) is 7.25. The molecule has 1 saturated carbocycles. The fraction of sp³-hybridized carbons (Fsp3) is 0.312. The number of nitrogens with one attached hydrogen (secondary N) is 1. The number of alkyl halides is 6. The molecule has 10 nitrogen and oxygen atoms in total. The molecule has 49 heavy (non-hydrogen) atoms. The number of ether oxygens (including phenoxy) is 1. The summed E-state index contributed by atoms with van der Waals surface area (Å²) in [5.74, 6) is -2.53. The number of carbonyl (C=O) groups excluding carboxylic acids is 1. The van der Waals surface area contributed by atoms with Crippen molar-refractivity contribution < 1.29 is 44.3 Å². The van der Waals surface area contributed by atoms with Gasteiger partial charge in [0.15, 0.2) is 5.72 Å². The van der Waals surface area contributed by atoms with Crippen LogP contribution in [0.5, 0.6) is 0 Å². The Balaban J connectivity index is 1.50. The summed E-state index contributed by atoms with van der Waals surface area (Å²) in [5.41, 5.74) is 4.73. The lowest BCUT2D eigenvalue weighted by Gasteiger charge is -2.40. The Morgan fingerprint density at radius 2 is 1.69 bits per heavy atom. The highest BCUT2D eigenvalue weighted by molar-refractivity contribution is 7.90. The number of nitrogens with zero attached hydrogens (tertiary/aromatic N) is 4. The number of aromatic nitrogens is 4. The molecular formula is C32H28F6N6O4S. The summed E-state index contributed by atoms with van der Waals surface area (Å²) >= 11 is 0. The third kappa shape index (κ3) is 6.39. The summed E-state index contributed by atoms with van der Waals surface area (Å²) in [6.45, 7) is 3.42. The average molecular weight is 707 g/mol. The van der Waals surface area contributed by atoms with Crippen molar-refractivity contribution >= 4 is 43.7 Å². The minimum Gasteiger partial charge on any atom is -0.435 e. The normalized spacial score (nSPS) is 18.9. The Morgan fingerprint density at radius 1 is 0.980 bits per heavy atom. The number of hydrogen-bond acceptors (Lipinski definition) is 9. The zero-order valence-electron chi connectivity index (χ0n) is 25.9. The van der Waals surface area contributed by atoms with Crippen molar-refractivity contribution in [3.8, 4) is 11.1 Å². The maximum atomic E-state index is 13.9. The molecule has 2 atom stereocenters. The summed E-state index contributed by atoms with van der Waals surface area (Å²) < 4.78 is 114.